The lowest BCUT2D eigenvalue weighted by Crippen LogP contribution is -2.46. The quantitative estimate of drug-likeness (QED) is 0.724. The van der Waals surface area contributed by atoms with Crippen molar-refractivity contribution < 1.29 is 13.2 Å². The van der Waals surface area contributed by atoms with E-state index in [1.807, 2.05) is 4.90 Å². The first-order valence-corrected chi connectivity index (χ1v) is 10.5. The Morgan fingerprint density at radius 3 is 2.85 bits per heavy atom. The lowest BCUT2D eigenvalue weighted by Gasteiger charge is -2.38. The van der Waals surface area contributed by atoms with Crippen molar-refractivity contribution in [3.8, 4) is 0 Å². The van der Waals surface area contributed by atoms with Crippen molar-refractivity contribution in [2.24, 2.45) is 5.41 Å². The molecular weight excluding hydrogens is 354 g/mol. The molecule has 1 unspecified atom stereocenters. The predicted molar refractivity (Wildman–Crippen MR) is 98.2 cm³/mol. The maximum atomic E-state index is 12.4. The number of rotatable bonds is 5. The minimum Gasteiger partial charge on any atom is -0.337 e. The Morgan fingerprint density at radius 1 is 1.27 bits per heavy atom. The zero-order valence-electron chi connectivity index (χ0n) is 15.1. The highest BCUT2D eigenvalue weighted by atomic mass is 32.2. The number of carbonyl (C=O) groups is 1. The highest BCUT2D eigenvalue weighted by molar-refractivity contribution is 7.89. The van der Waals surface area contributed by atoms with Gasteiger partial charge in [-0.25, -0.2) is 17.9 Å². The Balaban J connectivity index is 1.42. The van der Waals surface area contributed by atoms with Crippen molar-refractivity contribution in [2.75, 3.05) is 46.3 Å². The Bertz CT molecular complexity index is 727. The molecule has 3 heterocycles. The van der Waals surface area contributed by atoms with Crippen molar-refractivity contribution in [1.82, 2.24) is 24.8 Å². The van der Waals surface area contributed by atoms with Crippen LogP contribution in [0.25, 0.3) is 0 Å². The van der Waals surface area contributed by atoms with Crippen LogP contribution in [-0.4, -0.2) is 75.5 Å². The van der Waals surface area contributed by atoms with Crippen LogP contribution in [0.3, 0.4) is 0 Å². The second kappa shape index (κ2) is 7.89. The maximum absolute atomic E-state index is 12.4. The molecule has 2 saturated heterocycles. The molecule has 1 aromatic heterocycles. The van der Waals surface area contributed by atoms with Crippen LogP contribution >= 0.6 is 0 Å². The molecule has 0 saturated carbocycles. The fraction of sp³-hybridized carbons (Fsp3) is 0.647. The van der Waals surface area contributed by atoms with Gasteiger partial charge in [-0.15, -0.1) is 0 Å². The molecule has 1 spiro atoms. The number of hydrogen-bond acceptors (Lipinski definition) is 5. The number of sulfonamides is 1. The SMILES string of the molecule is CN1CCCC2(CCN(C(=O)NCCNS(=O)(=O)c3cccnc3)C2)C1. The fourth-order valence-electron chi connectivity index (χ4n) is 3.95. The zero-order valence-corrected chi connectivity index (χ0v) is 16.0. The smallest absolute Gasteiger partial charge is 0.317 e. The summed E-state index contributed by atoms with van der Waals surface area (Å²) in [5.41, 5.74) is 0.228. The molecule has 3 rings (SSSR count). The number of carbonyl (C=O) groups excluding carboxylic acids is 1. The van der Waals surface area contributed by atoms with Crippen molar-refractivity contribution in [3.05, 3.63) is 24.5 Å². The van der Waals surface area contributed by atoms with E-state index in [0.29, 0.717) is 0 Å². The van der Waals surface area contributed by atoms with E-state index >= 15 is 0 Å². The van der Waals surface area contributed by atoms with E-state index in [-0.39, 0.29) is 29.4 Å². The fourth-order valence-corrected chi connectivity index (χ4v) is 4.95. The van der Waals surface area contributed by atoms with Gasteiger partial charge in [0, 0.05) is 50.5 Å². The van der Waals surface area contributed by atoms with Gasteiger partial charge in [0.1, 0.15) is 4.90 Å². The summed E-state index contributed by atoms with van der Waals surface area (Å²) in [6.07, 6.45) is 6.21. The molecule has 2 N–H and O–H groups in total. The highest BCUT2D eigenvalue weighted by Gasteiger charge is 2.41. The Morgan fingerprint density at radius 2 is 2.12 bits per heavy atom. The molecule has 1 atom stereocenters. The molecular formula is C17H27N5O3S. The standard InChI is InChI=1S/C17H27N5O3S/c1-21-10-3-5-17(13-21)6-11-22(14-17)16(23)19-8-9-20-26(24,25)15-4-2-7-18-12-15/h2,4,7,12,20H,3,5-6,8-11,13-14H2,1H3,(H,19,23). The van der Waals surface area contributed by atoms with E-state index in [4.69, 9.17) is 0 Å². The van der Waals surface area contributed by atoms with Gasteiger partial charge in [-0.2, -0.15) is 0 Å². The van der Waals surface area contributed by atoms with Crippen LogP contribution in [0.4, 0.5) is 4.79 Å². The molecule has 2 amide bonds. The summed E-state index contributed by atoms with van der Waals surface area (Å²) in [6, 6.07) is 2.94. The largest absolute Gasteiger partial charge is 0.337 e. The topological polar surface area (TPSA) is 94.6 Å². The molecule has 26 heavy (non-hydrogen) atoms. The van der Waals surface area contributed by atoms with E-state index in [2.05, 4.69) is 27.0 Å². The number of nitrogens with zero attached hydrogens (tertiary/aromatic N) is 3. The molecule has 1 aromatic rings. The van der Waals surface area contributed by atoms with Gasteiger partial charge in [-0.05, 0) is 45.0 Å². The Kier molecular flexibility index (Phi) is 5.79. The van der Waals surface area contributed by atoms with Crippen LogP contribution < -0.4 is 10.0 Å². The van der Waals surface area contributed by atoms with Crippen LogP contribution in [0.2, 0.25) is 0 Å². The summed E-state index contributed by atoms with van der Waals surface area (Å²) in [4.78, 5) is 20.5. The molecule has 0 aliphatic carbocycles. The molecule has 0 bridgehead atoms. The maximum Gasteiger partial charge on any atom is 0.317 e. The van der Waals surface area contributed by atoms with E-state index in [0.717, 1.165) is 32.6 Å². The molecule has 9 heteroatoms. The molecule has 2 aliphatic rings. The Hall–Kier alpha value is -1.71. The lowest BCUT2D eigenvalue weighted by atomic mass is 9.79. The van der Waals surface area contributed by atoms with E-state index in [1.54, 1.807) is 6.07 Å². The van der Waals surface area contributed by atoms with Crippen LogP contribution in [0, 0.1) is 5.41 Å². The third-order valence-corrected chi connectivity index (χ3v) is 6.66. The summed E-state index contributed by atoms with van der Waals surface area (Å²) >= 11 is 0. The number of piperidine rings is 1. The van der Waals surface area contributed by atoms with Crippen LogP contribution in [-0.2, 0) is 10.0 Å². The second-order valence-electron chi connectivity index (χ2n) is 7.33. The van der Waals surface area contributed by atoms with Crippen molar-refractivity contribution in [3.63, 3.8) is 0 Å². The number of urea groups is 1. The first-order valence-electron chi connectivity index (χ1n) is 9.01. The number of aromatic nitrogens is 1. The number of nitrogens with one attached hydrogen (secondary N) is 2. The van der Waals surface area contributed by atoms with E-state index < -0.39 is 10.0 Å². The summed E-state index contributed by atoms with van der Waals surface area (Å²) in [7, 11) is -1.45. The highest BCUT2D eigenvalue weighted by Crippen LogP contribution is 2.38. The van der Waals surface area contributed by atoms with Crippen LogP contribution in [0.1, 0.15) is 19.3 Å². The Labute approximate surface area is 155 Å². The van der Waals surface area contributed by atoms with E-state index in [1.165, 1.54) is 31.3 Å². The van der Waals surface area contributed by atoms with Crippen molar-refractivity contribution in [1.29, 1.82) is 0 Å². The monoisotopic (exact) mass is 381 g/mol. The molecule has 144 valence electrons. The predicted octanol–water partition coefficient (Wildman–Crippen LogP) is 0.487. The summed E-state index contributed by atoms with van der Waals surface area (Å²) in [5, 5.41) is 2.81. The zero-order chi connectivity index (χ0) is 18.6. The van der Waals surface area contributed by atoms with Gasteiger partial charge >= 0.3 is 6.03 Å². The van der Waals surface area contributed by atoms with Gasteiger partial charge < -0.3 is 15.1 Å². The lowest BCUT2D eigenvalue weighted by molar-refractivity contribution is 0.115. The molecule has 0 radical (unpaired) electrons. The normalized spacial score (nSPS) is 24.1. The average Bonchev–Trinajstić information content (AvgIpc) is 3.02. The van der Waals surface area contributed by atoms with Crippen LogP contribution in [0.5, 0.6) is 0 Å². The van der Waals surface area contributed by atoms with Gasteiger partial charge in [0.05, 0.1) is 0 Å². The number of hydrogen-bond donors (Lipinski definition) is 2. The number of pyridine rings is 1. The number of likely N-dealkylation sites (tertiary alicyclic amines) is 2. The molecule has 0 aromatic carbocycles. The van der Waals surface area contributed by atoms with E-state index in [9.17, 15) is 13.2 Å². The second-order valence-corrected chi connectivity index (χ2v) is 9.10. The van der Waals surface area contributed by atoms with Gasteiger partial charge in [0.15, 0.2) is 0 Å². The van der Waals surface area contributed by atoms with Crippen molar-refractivity contribution in [2.45, 2.75) is 24.2 Å². The van der Waals surface area contributed by atoms with Gasteiger partial charge in [-0.3, -0.25) is 4.98 Å². The minimum atomic E-state index is -3.59. The summed E-state index contributed by atoms with van der Waals surface area (Å²) in [6.45, 7) is 4.12. The van der Waals surface area contributed by atoms with Gasteiger partial charge in [0.2, 0.25) is 10.0 Å². The van der Waals surface area contributed by atoms with Crippen molar-refractivity contribution >= 4 is 16.1 Å². The first kappa shape index (κ1) is 19.1. The third kappa shape index (κ3) is 4.52. The summed E-state index contributed by atoms with van der Waals surface area (Å²) < 4.78 is 26.7. The van der Waals surface area contributed by atoms with Crippen LogP contribution in [0.15, 0.2) is 29.4 Å². The number of amides is 2. The molecule has 2 fully saturated rings. The summed E-state index contributed by atoms with van der Waals surface area (Å²) in [5.74, 6) is 0. The third-order valence-electron chi connectivity index (χ3n) is 5.22. The minimum absolute atomic E-state index is 0.115. The van der Waals surface area contributed by atoms with Gasteiger partial charge in [0.25, 0.3) is 0 Å². The first-order chi connectivity index (χ1) is 12.4. The molecule has 2 aliphatic heterocycles. The molecule has 8 nitrogen and oxygen atoms in total. The average molecular weight is 382 g/mol. The van der Waals surface area contributed by atoms with Gasteiger partial charge in [-0.1, -0.05) is 0 Å².